The minimum atomic E-state index is -0.462. The summed E-state index contributed by atoms with van der Waals surface area (Å²) in [5.41, 5.74) is 6.98. The summed E-state index contributed by atoms with van der Waals surface area (Å²) in [5, 5.41) is 21.8. The molecule has 0 atom stereocenters. The molecule has 12 nitrogen and oxygen atoms in total. The highest BCUT2D eigenvalue weighted by Gasteiger charge is 2.21. The summed E-state index contributed by atoms with van der Waals surface area (Å²) >= 11 is 0. The summed E-state index contributed by atoms with van der Waals surface area (Å²) in [6, 6.07) is 17.9. The fourth-order valence-corrected chi connectivity index (χ4v) is 5.96. The maximum absolute atomic E-state index is 12.6. The Kier molecular flexibility index (Phi) is 10.8. The van der Waals surface area contributed by atoms with Crippen molar-refractivity contribution in [3.8, 4) is 0 Å². The molecule has 2 aliphatic rings. The Morgan fingerprint density at radius 3 is 1.46 bits per heavy atom. The molecule has 0 fully saturated rings. The smallest absolute Gasteiger partial charge is 0.338 e. The highest BCUT2D eigenvalue weighted by Crippen LogP contribution is 2.31. The maximum Gasteiger partial charge on any atom is 0.338 e. The van der Waals surface area contributed by atoms with Gasteiger partial charge in [0.15, 0.2) is 0 Å². The number of nitrogens with zero attached hydrogens (tertiary/aromatic N) is 4. The molecule has 0 N–H and O–H groups in total. The Bertz CT molecular complexity index is 1640. The summed E-state index contributed by atoms with van der Waals surface area (Å²) < 4.78 is 10.9. The van der Waals surface area contributed by atoms with E-state index in [1.165, 1.54) is 13.8 Å². The molecule has 3 aromatic rings. The van der Waals surface area contributed by atoms with E-state index in [1.807, 2.05) is 36.4 Å². The van der Waals surface area contributed by atoms with Crippen molar-refractivity contribution >= 4 is 35.5 Å². The first-order valence-electron chi connectivity index (χ1n) is 15.9. The second-order valence-corrected chi connectivity index (χ2v) is 11.9. The summed E-state index contributed by atoms with van der Waals surface area (Å²) in [4.78, 5) is 50.6. The van der Waals surface area contributed by atoms with Gasteiger partial charge in [-0.25, -0.2) is 9.59 Å². The Hall–Kier alpha value is -5.52. The average Bonchev–Trinajstić information content (AvgIpc) is 3.67. The topological polar surface area (TPSA) is 145 Å². The second kappa shape index (κ2) is 15.4. The molecule has 48 heavy (non-hydrogen) atoms. The fraction of sp³-hybridized carbons (Fsp3) is 0.333. The van der Waals surface area contributed by atoms with E-state index in [0.717, 1.165) is 59.6 Å². The number of hydrogen-bond donors (Lipinski definition) is 0. The molecule has 0 unspecified atom stereocenters. The van der Waals surface area contributed by atoms with Crippen LogP contribution in [0.5, 0.6) is 0 Å². The lowest BCUT2D eigenvalue weighted by Crippen LogP contribution is -2.23. The molecule has 0 saturated heterocycles. The van der Waals surface area contributed by atoms with Crippen LogP contribution in [0.2, 0.25) is 0 Å². The number of ether oxygens (including phenoxy) is 2. The van der Waals surface area contributed by atoms with Gasteiger partial charge in [-0.2, -0.15) is 0 Å². The lowest BCUT2D eigenvalue weighted by molar-refractivity contribution is -0.422. The van der Waals surface area contributed by atoms with Crippen molar-refractivity contribution in [2.75, 3.05) is 49.2 Å². The Balaban J connectivity index is 1.01. The second-order valence-electron chi connectivity index (χ2n) is 11.9. The minimum Gasteiger partial charge on any atom is -0.462 e. The zero-order valence-corrected chi connectivity index (χ0v) is 27.1. The number of fused-ring (bicyclic) bond motifs is 2. The number of hydrogen-bond acceptors (Lipinski definition) is 10. The van der Waals surface area contributed by atoms with Gasteiger partial charge in [-0.15, -0.1) is 0 Å². The zero-order valence-electron chi connectivity index (χ0n) is 27.1. The van der Waals surface area contributed by atoms with E-state index in [-0.39, 0.29) is 24.6 Å². The molecule has 0 aliphatic carbocycles. The van der Waals surface area contributed by atoms with Gasteiger partial charge >= 0.3 is 11.9 Å². The molecule has 0 bridgehead atoms. The summed E-state index contributed by atoms with van der Waals surface area (Å²) in [5.74, 6) is -0.924. The van der Waals surface area contributed by atoms with Crippen molar-refractivity contribution < 1.29 is 28.9 Å². The van der Waals surface area contributed by atoms with Gasteiger partial charge in [0, 0.05) is 63.6 Å². The Labute approximate surface area is 278 Å². The van der Waals surface area contributed by atoms with Crippen molar-refractivity contribution in [1.29, 1.82) is 0 Å². The molecule has 0 saturated carbocycles. The van der Waals surface area contributed by atoms with Crippen LogP contribution in [0.25, 0.3) is 12.2 Å². The van der Waals surface area contributed by atoms with E-state index < -0.39 is 21.8 Å². The zero-order chi connectivity index (χ0) is 34.2. The number of anilines is 2. The largest absolute Gasteiger partial charge is 0.462 e. The van der Waals surface area contributed by atoms with Gasteiger partial charge in [0.2, 0.25) is 11.4 Å². The van der Waals surface area contributed by atoms with Crippen molar-refractivity contribution in [3.63, 3.8) is 0 Å². The number of carbonyl (C=O) groups excluding carboxylic acids is 2. The quantitative estimate of drug-likeness (QED) is 0.0855. The lowest BCUT2D eigenvalue weighted by Gasteiger charge is -2.19. The SMILES string of the molecule is C/C(=C\c1ccc2c(c1)CCN2CCCOC(=O)c1ccc(C(=O)OCCCN2CCc3cc(/C=C(\C)[N+](=O)[O-])ccc32)cc1)[N+](=O)[O-]. The molecular formula is C36H38N4O8. The van der Waals surface area contributed by atoms with Crippen molar-refractivity contribution in [1.82, 2.24) is 0 Å². The van der Waals surface area contributed by atoms with Crippen molar-refractivity contribution in [2.45, 2.75) is 39.5 Å². The van der Waals surface area contributed by atoms with E-state index in [0.29, 0.717) is 37.1 Å². The van der Waals surface area contributed by atoms with E-state index in [4.69, 9.17) is 9.47 Å². The minimum absolute atomic E-state index is 0.0953. The molecule has 0 radical (unpaired) electrons. The van der Waals surface area contributed by atoms with E-state index in [1.54, 1.807) is 36.4 Å². The molecule has 2 heterocycles. The lowest BCUT2D eigenvalue weighted by atomic mass is 10.1. The third kappa shape index (κ3) is 8.44. The molecule has 0 amide bonds. The number of esters is 2. The Morgan fingerprint density at radius 1 is 0.688 bits per heavy atom. The van der Waals surface area contributed by atoms with Crippen LogP contribution in [0.15, 0.2) is 72.1 Å². The third-order valence-electron chi connectivity index (χ3n) is 8.49. The summed E-state index contributed by atoms with van der Waals surface area (Å²) in [6.07, 6.45) is 6.12. The summed E-state index contributed by atoms with van der Waals surface area (Å²) in [6.45, 7) is 6.54. The van der Waals surface area contributed by atoms with Gasteiger partial charge in [-0.1, -0.05) is 12.1 Å². The standard InChI is InChI=1S/C36H38N4O8/c1-25(39(43)44)21-27-5-11-33-31(23-27)13-17-37(33)15-3-19-47-35(41)29-7-9-30(10-8-29)36(42)48-20-4-16-38-18-14-32-24-28(6-12-34(32)38)22-26(2)40(45)46/h5-12,21-24H,3-4,13-20H2,1-2H3/b25-21+,26-22+. The highest BCUT2D eigenvalue weighted by atomic mass is 16.6. The van der Waals surface area contributed by atoms with Crippen LogP contribution in [0.3, 0.4) is 0 Å². The summed E-state index contributed by atoms with van der Waals surface area (Å²) in [7, 11) is 0. The van der Waals surface area contributed by atoms with Gasteiger partial charge in [0.05, 0.1) is 34.2 Å². The molecule has 0 spiro atoms. The highest BCUT2D eigenvalue weighted by molar-refractivity contribution is 5.93. The van der Waals surface area contributed by atoms with Crippen LogP contribution in [0.1, 0.15) is 69.7 Å². The van der Waals surface area contributed by atoms with Gasteiger partial charge < -0.3 is 19.3 Å². The van der Waals surface area contributed by atoms with Gasteiger partial charge in [0.1, 0.15) is 0 Å². The average molecular weight is 655 g/mol. The number of rotatable bonds is 14. The van der Waals surface area contributed by atoms with Crippen LogP contribution in [-0.4, -0.2) is 61.2 Å². The van der Waals surface area contributed by atoms with Crippen LogP contribution < -0.4 is 9.80 Å². The van der Waals surface area contributed by atoms with Crippen molar-refractivity contribution in [2.24, 2.45) is 0 Å². The van der Waals surface area contributed by atoms with Crippen LogP contribution in [0.4, 0.5) is 11.4 Å². The predicted molar refractivity (Wildman–Crippen MR) is 182 cm³/mol. The number of nitro groups is 2. The van der Waals surface area contributed by atoms with Crippen LogP contribution >= 0.6 is 0 Å². The Morgan fingerprint density at radius 2 is 1.08 bits per heavy atom. The third-order valence-corrected chi connectivity index (χ3v) is 8.49. The molecule has 250 valence electrons. The van der Waals surface area contributed by atoms with E-state index in [2.05, 4.69) is 9.80 Å². The monoisotopic (exact) mass is 654 g/mol. The van der Waals surface area contributed by atoms with Gasteiger partial charge in [-0.3, -0.25) is 20.2 Å². The first kappa shape index (κ1) is 33.8. The molecular weight excluding hydrogens is 616 g/mol. The molecule has 2 aliphatic heterocycles. The van der Waals surface area contributed by atoms with Gasteiger partial charge in [-0.05, 0) is 96.5 Å². The predicted octanol–water partition coefficient (Wildman–Crippen LogP) is 6.18. The maximum atomic E-state index is 12.6. The van der Waals surface area contributed by atoms with Crippen molar-refractivity contribution in [3.05, 3.63) is 126 Å². The molecule has 5 rings (SSSR count). The number of carbonyl (C=O) groups is 2. The first-order chi connectivity index (χ1) is 23.1. The van der Waals surface area contributed by atoms with Crippen LogP contribution in [0, 0.1) is 20.2 Å². The molecule has 3 aromatic carbocycles. The first-order valence-corrected chi connectivity index (χ1v) is 15.9. The molecule has 0 aromatic heterocycles. The fourth-order valence-electron chi connectivity index (χ4n) is 5.96. The van der Waals surface area contributed by atoms with E-state index >= 15 is 0 Å². The number of benzene rings is 3. The molecule has 12 heteroatoms. The normalized spacial score (nSPS) is 14.0. The van der Waals surface area contributed by atoms with Gasteiger partial charge in [0.25, 0.3) is 0 Å². The van der Waals surface area contributed by atoms with E-state index in [9.17, 15) is 29.8 Å². The number of allylic oxidation sites excluding steroid dienone is 2. The van der Waals surface area contributed by atoms with Crippen LogP contribution in [-0.2, 0) is 22.3 Å².